The van der Waals surface area contributed by atoms with Gasteiger partial charge in [-0.1, -0.05) is 27.7 Å². The van der Waals surface area contributed by atoms with Gasteiger partial charge in [0.2, 0.25) is 0 Å². The smallest absolute Gasteiger partial charge is 0.155 e. The quantitative estimate of drug-likeness (QED) is 0.904. The zero-order chi connectivity index (χ0) is 13.3. The molecule has 1 atom stereocenters. The van der Waals surface area contributed by atoms with Crippen molar-refractivity contribution in [1.82, 2.24) is 14.6 Å². The average molecular weight is 246 g/mol. The number of hydrogen-bond donors (Lipinski definition) is 1. The maximum atomic E-state index is 5.71. The highest BCUT2D eigenvalue weighted by Gasteiger charge is 2.21. The number of nitrogens with two attached hydrogens (primary N) is 1. The van der Waals surface area contributed by atoms with Crippen LogP contribution < -0.4 is 5.73 Å². The van der Waals surface area contributed by atoms with Gasteiger partial charge >= 0.3 is 0 Å². The number of aromatic nitrogens is 3. The van der Waals surface area contributed by atoms with Gasteiger partial charge in [-0.15, -0.1) is 0 Å². The molecule has 0 aliphatic rings. The predicted molar refractivity (Wildman–Crippen MR) is 73.2 cm³/mol. The van der Waals surface area contributed by atoms with Crippen LogP contribution in [0.15, 0.2) is 18.3 Å². The zero-order valence-electron chi connectivity index (χ0n) is 11.6. The topological polar surface area (TPSA) is 56.2 Å². The van der Waals surface area contributed by atoms with Crippen molar-refractivity contribution in [3.63, 3.8) is 0 Å². The Morgan fingerprint density at radius 2 is 2.11 bits per heavy atom. The maximum absolute atomic E-state index is 5.71. The Hall–Kier alpha value is -1.42. The second-order valence-corrected chi connectivity index (χ2v) is 6.02. The molecule has 18 heavy (non-hydrogen) atoms. The van der Waals surface area contributed by atoms with Crippen LogP contribution in [-0.2, 0) is 13.0 Å². The first-order valence-corrected chi connectivity index (χ1v) is 6.44. The van der Waals surface area contributed by atoms with E-state index in [-0.39, 0.29) is 0 Å². The summed E-state index contributed by atoms with van der Waals surface area (Å²) in [5.74, 6) is 0.573. The Morgan fingerprint density at radius 1 is 1.39 bits per heavy atom. The summed E-state index contributed by atoms with van der Waals surface area (Å²) in [6.45, 7) is 9.53. The van der Waals surface area contributed by atoms with Crippen molar-refractivity contribution < 1.29 is 0 Å². The molecule has 4 heteroatoms. The molecule has 2 rings (SSSR count). The Kier molecular flexibility index (Phi) is 3.39. The summed E-state index contributed by atoms with van der Waals surface area (Å²) in [4.78, 5) is 4.32. The summed E-state index contributed by atoms with van der Waals surface area (Å²) in [7, 11) is 0. The van der Waals surface area contributed by atoms with Crippen molar-refractivity contribution in [2.45, 2.75) is 40.7 Å². The molecule has 0 saturated carbocycles. The second-order valence-electron chi connectivity index (χ2n) is 6.02. The van der Waals surface area contributed by atoms with E-state index in [0.717, 1.165) is 23.5 Å². The maximum Gasteiger partial charge on any atom is 0.155 e. The van der Waals surface area contributed by atoms with Gasteiger partial charge in [0.15, 0.2) is 5.65 Å². The molecule has 0 amide bonds. The Balaban J connectivity index is 2.31. The Morgan fingerprint density at radius 3 is 2.72 bits per heavy atom. The van der Waals surface area contributed by atoms with Crippen LogP contribution in [0.1, 0.15) is 39.1 Å². The van der Waals surface area contributed by atoms with Crippen molar-refractivity contribution in [2.75, 3.05) is 0 Å². The molecular weight excluding hydrogens is 224 g/mol. The summed E-state index contributed by atoms with van der Waals surface area (Å²) in [6.07, 6.45) is 2.76. The highest BCUT2D eigenvalue weighted by Crippen LogP contribution is 2.28. The molecule has 2 aromatic rings. The van der Waals surface area contributed by atoms with Crippen LogP contribution in [0.5, 0.6) is 0 Å². The number of rotatable bonds is 3. The van der Waals surface area contributed by atoms with Crippen LogP contribution in [-0.4, -0.2) is 14.6 Å². The van der Waals surface area contributed by atoms with Gasteiger partial charge in [0.25, 0.3) is 0 Å². The minimum absolute atomic E-state index is 0.292. The standard InChI is InChI=1S/C14H22N4/c1-10(14(2,3)4)7-11-8-13-16-6-5-12(9-15)18(13)17-11/h5-6,8,10H,7,9,15H2,1-4H3. The molecule has 2 aromatic heterocycles. The first kappa shape index (κ1) is 13.0. The minimum Gasteiger partial charge on any atom is -0.325 e. The van der Waals surface area contributed by atoms with E-state index >= 15 is 0 Å². The summed E-state index contributed by atoms with van der Waals surface area (Å²) >= 11 is 0. The third-order valence-corrected chi connectivity index (χ3v) is 3.69. The lowest BCUT2D eigenvalue weighted by molar-refractivity contribution is 0.258. The molecule has 0 radical (unpaired) electrons. The molecule has 0 aliphatic heterocycles. The van der Waals surface area contributed by atoms with Crippen LogP contribution in [0.3, 0.4) is 0 Å². The number of fused-ring (bicyclic) bond motifs is 1. The normalized spacial score (nSPS) is 14.1. The summed E-state index contributed by atoms with van der Waals surface area (Å²) < 4.78 is 1.85. The molecule has 0 fully saturated rings. The molecule has 0 aromatic carbocycles. The molecule has 1 unspecified atom stereocenters. The molecule has 4 nitrogen and oxygen atoms in total. The van der Waals surface area contributed by atoms with E-state index in [1.165, 1.54) is 0 Å². The predicted octanol–water partition coefficient (Wildman–Crippen LogP) is 2.41. The highest BCUT2D eigenvalue weighted by molar-refractivity contribution is 5.40. The molecule has 0 aliphatic carbocycles. The summed E-state index contributed by atoms with van der Waals surface area (Å²) in [6, 6.07) is 3.97. The van der Waals surface area contributed by atoms with Crippen LogP contribution in [0.4, 0.5) is 0 Å². The molecule has 2 heterocycles. The molecule has 0 spiro atoms. The van der Waals surface area contributed by atoms with Crippen molar-refractivity contribution in [3.8, 4) is 0 Å². The molecule has 0 bridgehead atoms. The van der Waals surface area contributed by atoms with E-state index < -0.39 is 0 Å². The first-order valence-electron chi connectivity index (χ1n) is 6.44. The van der Waals surface area contributed by atoms with E-state index in [2.05, 4.69) is 43.8 Å². The highest BCUT2D eigenvalue weighted by atomic mass is 15.3. The third kappa shape index (κ3) is 2.53. The van der Waals surface area contributed by atoms with Gasteiger partial charge in [-0.25, -0.2) is 9.50 Å². The third-order valence-electron chi connectivity index (χ3n) is 3.69. The first-order chi connectivity index (χ1) is 8.41. The summed E-state index contributed by atoms with van der Waals surface area (Å²) in [5.41, 5.74) is 8.97. The summed E-state index contributed by atoms with van der Waals surface area (Å²) in [5, 5.41) is 4.61. The van der Waals surface area contributed by atoms with Crippen LogP contribution in [0.2, 0.25) is 0 Å². The van der Waals surface area contributed by atoms with Crippen molar-refractivity contribution >= 4 is 5.65 Å². The van der Waals surface area contributed by atoms with E-state index in [1.54, 1.807) is 6.20 Å². The number of hydrogen-bond acceptors (Lipinski definition) is 3. The minimum atomic E-state index is 0.292. The van der Waals surface area contributed by atoms with Crippen LogP contribution in [0, 0.1) is 11.3 Å². The van der Waals surface area contributed by atoms with Crippen molar-refractivity contribution in [2.24, 2.45) is 17.1 Å². The lowest BCUT2D eigenvalue weighted by Gasteiger charge is -2.26. The fourth-order valence-corrected chi connectivity index (χ4v) is 1.87. The second kappa shape index (κ2) is 4.69. The van der Waals surface area contributed by atoms with Crippen molar-refractivity contribution in [1.29, 1.82) is 0 Å². The largest absolute Gasteiger partial charge is 0.325 e. The fourth-order valence-electron chi connectivity index (χ4n) is 1.87. The van der Waals surface area contributed by atoms with Crippen LogP contribution >= 0.6 is 0 Å². The van der Waals surface area contributed by atoms with Gasteiger partial charge in [-0.2, -0.15) is 5.10 Å². The SMILES string of the molecule is CC(Cc1cc2nccc(CN)n2n1)C(C)(C)C. The van der Waals surface area contributed by atoms with E-state index in [4.69, 9.17) is 5.73 Å². The molecular formula is C14H22N4. The average Bonchev–Trinajstić information content (AvgIpc) is 2.69. The van der Waals surface area contributed by atoms with Gasteiger partial charge in [-0.05, 0) is 23.8 Å². The zero-order valence-corrected chi connectivity index (χ0v) is 11.6. The Labute approximate surface area is 108 Å². The van der Waals surface area contributed by atoms with Gasteiger partial charge in [-0.3, -0.25) is 0 Å². The lowest BCUT2D eigenvalue weighted by atomic mass is 9.79. The van der Waals surface area contributed by atoms with Gasteiger partial charge in [0, 0.05) is 18.8 Å². The number of nitrogens with zero attached hydrogens (tertiary/aromatic N) is 3. The fraction of sp³-hybridized carbons (Fsp3) is 0.571. The van der Waals surface area contributed by atoms with E-state index in [1.807, 2.05) is 10.6 Å². The Bertz CT molecular complexity index is 536. The van der Waals surface area contributed by atoms with Crippen molar-refractivity contribution in [3.05, 3.63) is 29.7 Å². The van der Waals surface area contributed by atoms with Crippen LogP contribution in [0.25, 0.3) is 5.65 Å². The van der Waals surface area contributed by atoms with Gasteiger partial charge in [0.1, 0.15) is 0 Å². The molecule has 2 N–H and O–H groups in total. The molecule has 98 valence electrons. The monoisotopic (exact) mass is 246 g/mol. The van der Waals surface area contributed by atoms with Gasteiger partial charge in [0.05, 0.1) is 11.4 Å². The van der Waals surface area contributed by atoms with Gasteiger partial charge < -0.3 is 5.73 Å². The van der Waals surface area contributed by atoms with E-state index in [9.17, 15) is 0 Å². The lowest BCUT2D eigenvalue weighted by Crippen LogP contribution is -2.19. The van der Waals surface area contributed by atoms with E-state index in [0.29, 0.717) is 17.9 Å². The molecule has 0 saturated heterocycles.